The summed E-state index contributed by atoms with van der Waals surface area (Å²) >= 11 is 3.28. The Labute approximate surface area is 106 Å². The SMILES string of the molecule is NCc1cc(-c2cc(Br)ccc2F)ccc1F. The van der Waals surface area contributed by atoms with Gasteiger partial charge in [-0.3, -0.25) is 0 Å². The molecule has 0 fully saturated rings. The molecule has 2 aromatic carbocycles. The number of nitrogens with two attached hydrogens (primary N) is 1. The Hall–Kier alpha value is -1.26. The van der Waals surface area contributed by atoms with Crippen molar-refractivity contribution in [3.63, 3.8) is 0 Å². The van der Waals surface area contributed by atoms with Crippen molar-refractivity contribution >= 4 is 15.9 Å². The number of halogens is 3. The molecule has 0 bridgehead atoms. The van der Waals surface area contributed by atoms with Gasteiger partial charge in [0.25, 0.3) is 0 Å². The highest BCUT2D eigenvalue weighted by Gasteiger charge is 2.08. The minimum atomic E-state index is -0.369. The molecule has 0 spiro atoms. The van der Waals surface area contributed by atoms with E-state index in [1.807, 2.05) is 0 Å². The lowest BCUT2D eigenvalue weighted by Gasteiger charge is -2.07. The second-order valence-electron chi connectivity index (χ2n) is 3.63. The van der Waals surface area contributed by atoms with Crippen molar-refractivity contribution < 1.29 is 8.78 Å². The summed E-state index contributed by atoms with van der Waals surface area (Å²) in [6, 6.07) is 9.05. The predicted molar refractivity (Wildman–Crippen MR) is 67.4 cm³/mol. The molecular weight excluding hydrogens is 288 g/mol. The highest BCUT2D eigenvalue weighted by Crippen LogP contribution is 2.27. The van der Waals surface area contributed by atoms with E-state index < -0.39 is 0 Å². The summed E-state index contributed by atoms with van der Waals surface area (Å²) in [6.45, 7) is 0.0926. The van der Waals surface area contributed by atoms with Crippen LogP contribution in [0.5, 0.6) is 0 Å². The van der Waals surface area contributed by atoms with Gasteiger partial charge in [-0.2, -0.15) is 0 Å². The number of hydrogen-bond donors (Lipinski definition) is 1. The van der Waals surface area contributed by atoms with Gasteiger partial charge < -0.3 is 5.73 Å². The van der Waals surface area contributed by atoms with Crippen LogP contribution in [0.3, 0.4) is 0 Å². The first kappa shape index (κ1) is 12.2. The highest BCUT2D eigenvalue weighted by molar-refractivity contribution is 9.10. The summed E-state index contributed by atoms with van der Waals surface area (Å²) in [5, 5.41) is 0. The number of rotatable bonds is 2. The smallest absolute Gasteiger partial charge is 0.131 e. The molecule has 17 heavy (non-hydrogen) atoms. The fraction of sp³-hybridized carbons (Fsp3) is 0.0769. The maximum absolute atomic E-state index is 13.6. The van der Waals surface area contributed by atoms with Gasteiger partial charge in [-0.1, -0.05) is 22.0 Å². The van der Waals surface area contributed by atoms with Gasteiger partial charge in [-0.05, 0) is 35.9 Å². The standard InChI is InChI=1S/C13H10BrF2N/c14-10-2-4-13(16)11(6-10)8-1-3-12(15)9(5-8)7-17/h1-6H,7,17H2. The van der Waals surface area contributed by atoms with Crippen LogP contribution in [0.25, 0.3) is 11.1 Å². The molecule has 88 valence electrons. The van der Waals surface area contributed by atoms with E-state index >= 15 is 0 Å². The van der Waals surface area contributed by atoms with Crippen molar-refractivity contribution in [2.24, 2.45) is 5.73 Å². The van der Waals surface area contributed by atoms with E-state index in [0.29, 0.717) is 16.7 Å². The first-order chi connectivity index (χ1) is 8.11. The zero-order chi connectivity index (χ0) is 12.4. The molecule has 0 aliphatic rings. The Morgan fingerprint density at radius 2 is 1.71 bits per heavy atom. The number of benzene rings is 2. The second kappa shape index (κ2) is 4.94. The van der Waals surface area contributed by atoms with Crippen LogP contribution in [-0.4, -0.2) is 0 Å². The van der Waals surface area contributed by atoms with Crippen molar-refractivity contribution in [2.75, 3.05) is 0 Å². The van der Waals surface area contributed by atoms with E-state index in [2.05, 4.69) is 15.9 Å². The molecule has 0 unspecified atom stereocenters. The molecule has 0 aliphatic heterocycles. The topological polar surface area (TPSA) is 26.0 Å². The van der Waals surface area contributed by atoms with Gasteiger partial charge in [0.05, 0.1) is 0 Å². The minimum Gasteiger partial charge on any atom is -0.326 e. The molecule has 2 N–H and O–H groups in total. The Morgan fingerprint density at radius 3 is 2.41 bits per heavy atom. The minimum absolute atomic E-state index is 0.0926. The summed E-state index contributed by atoms with van der Waals surface area (Å²) in [4.78, 5) is 0. The summed E-state index contributed by atoms with van der Waals surface area (Å²) in [5.74, 6) is -0.713. The zero-order valence-electron chi connectivity index (χ0n) is 8.88. The molecule has 0 heterocycles. The van der Waals surface area contributed by atoms with Crippen LogP contribution in [0, 0.1) is 11.6 Å². The van der Waals surface area contributed by atoms with Crippen LogP contribution in [-0.2, 0) is 6.54 Å². The van der Waals surface area contributed by atoms with E-state index in [0.717, 1.165) is 4.47 Å². The van der Waals surface area contributed by atoms with Crippen molar-refractivity contribution in [3.8, 4) is 11.1 Å². The predicted octanol–water partition coefficient (Wildman–Crippen LogP) is 3.85. The van der Waals surface area contributed by atoms with Gasteiger partial charge in [0.1, 0.15) is 11.6 Å². The van der Waals surface area contributed by atoms with Crippen LogP contribution >= 0.6 is 15.9 Å². The average Bonchev–Trinajstić information content (AvgIpc) is 2.33. The largest absolute Gasteiger partial charge is 0.326 e. The lowest BCUT2D eigenvalue weighted by molar-refractivity contribution is 0.610. The van der Waals surface area contributed by atoms with Gasteiger partial charge in [0.15, 0.2) is 0 Å². The molecule has 0 saturated carbocycles. The summed E-state index contributed by atoms with van der Waals surface area (Å²) < 4.78 is 27.7. The molecule has 4 heteroatoms. The summed E-state index contributed by atoms with van der Waals surface area (Å²) in [5.41, 5.74) is 6.84. The molecule has 1 nitrogen and oxygen atoms in total. The monoisotopic (exact) mass is 297 g/mol. The van der Waals surface area contributed by atoms with Gasteiger partial charge in [-0.15, -0.1) is 0 Å². The van der Waals surface area contributed by atoms with Crippen LogP contribution in [0.2, 0.25) is 0 Å². The Morgan fingerprint density at radius 1 is 1.00 bits per heavy atom. The molecule has 2 aromatic rings. The van der Waals surface area contributed by atoms with Crippen molar-refractivity contribution in [1.82, 2.24) is 0 Å². The fourth-order valence-corrected chi connectivity index (χ4v) is 1.98. The zero-order valence-corrected chi connectivity index (χ0v) is 10.5. The first-order valence-corrected chi connectivity index (χ1v) is 5.85. The van der Waals surface area contributed by atoms with E-state index in [1.54, 1.807) is 24.3 Å². The van der Waals surface area contributed by atoms with E-state index in [-0.39, 0.29) is 18.2 Å². The molecule has 0 saturated heterocycles. The molecule has 0 atom stereocenters. The Balaban J connectivity index is 2.56. The third kappa shape index (κ3) is 2.53. The Kier molecular flexibility index (Phi) is 3.54. The van der Waals surface area contributed by atoms with E-state index in [4.69, 9.17) is 5.73 Å². The van der Waals surface area contributed by atoms with Gasteiger partial charge in [0, 0.05) is 22.1 Å². The molecule has 2 rings (SSSR count). The van der Waals surface area contributed by atoms with E-state index in [9.17, 15) is 8.78 Å². The maximum Gasteiger partial charge on any atom is 0.131 e. The normalized spacial score (nSPS) is 10.6. The van der Waals surface area contributed by atoms with Gasteiger partial charge in [-0.25, -0.2) is 8.78 Å². The summed E-state index contributed by atoms with van der Waals surface area (Å²) in [6.07, 6.45) is 0. The van der Waals surface area contributed by atoms with Crippen molar-refractivity contribution in [3.05, 3.63) is 58.1 Å². The van der Waals surface area contributed by atoms with Gasteiger partial charge in [0.2, 0.25) is 0 Å². The molecule has 0 radical (unpaired) electrons. The molecule has 0 aromatic heterocycles. The summed E-state index contributed by atoms with van der Waals surface area (Å²) in [7, 11) is 0. The third-order valence-corrected chi connectivity index (χ3v) is 3.00. The average molecular weight is 298 g/mol. The van der Waals surface area contributed by atoms with Crippen molar-refractivity contribution in [2.45, 2.75) is 6.54 Å². The fourth-order valence-electron chi connectivity index (χ4n) is 1.62. The Bertz CT molecular complexity index is 555. The van der Waals surface area contributed by atoms with Crippen molar-refractivity contribution in [1.29, 1.82) is 0 Å². The highest BCUT2D eigenvalue weighted by atomic mass is 79.9. The molecule has 0 amide bonds. The van der Waals surface area contributed by atoms with Crippen LogP contribution in [0.4, 0.5) is 8.78 Å². The van der Waals surface area contributed by atoms with Crippen LogP contribution < -0.4 is 5.73 Å². The first-order valence-electron chi connectivity index (χ1n) is 5.05. The lowest BCUT2D eigenvalue weighted by atomic mass is 10.0. The molecule has 0 aliphatic carbocycles. The quantitative estimate of drug-likeness (QED) is 0.895. The second-order valence-corrected chi connectivity index (χ2v) is 4.55. The van der Waals surface area contributed by atoms with Crippen LogP contribution in [0.1, 0.15) is 5.56 Å². The van der Waals surface area contributed by atoms with E-state index in [1.165, 1.54) is 12.1 Å². The third-order valence-electron chi connectivity index (χ3n) is 2.51. The van der Waals surface area contributed by atoms with Gasteiger partial charge >= 0.3 is 0 Å². The number of hydrogen-bond acceptors (Lipinski definition) is 1. The maximum atomic E-state index is 13.6. The van der Waals surface area contributed by atoms with Crippen LogP contribution in [0.15, 0.2) is 40.9 Å². The molecular formula is C13H10BrF2N. The lowest BCUT2D eigenvalue weighted by Crippen LogP contribution is -2.00.